The van der Waals surface area contributed by atoms with Crippen LogP contribution in [0.4, 0.5) is 0 Å². The molecule has 0 bridgehead atoms. The Kier molecular flexibility index (Phi) is 21.9. The van der Waals surface area contributed by atoms with Crippen LogP contribution < -0.4 is 0 Å². The van der Waals surface area contributed by atoms with Crippen molar-refractivity contribution < 1.29 is 27.8 Å². The highest BCUT2D eigenvalue weighted by Crippen LogP contribution is 2.35. The number of hydrogen-bond acceptors (Lipinski definition) is 4. The van der Waals surface area contributed by atoms with E-state index in [1.807, 2.05) is 6.92 Å². The monoisotopic (exact) mass is 498 g/mol. The number of rotatable bonds is 24. The van der Waals surface area contributed by atoms with Crippen LogP contribution in [-0.2, 0) is 24.6 Å². The zero-order chi connectivity index (χ0) is 24.1. The van der Waals surface area contributed by atoms with Crippen molar-refractivity contribution in [3.05, 3.63) is 0 Å². The summed E-state index contributed by atoms with van der Waals surface area (Å²) in [5.41, 5.74) is 0. The molecule has 0 heterocycles. The Morgan fingerprint density at radius 3 is 1.78 bits per heavy atom. The largest absolute Gasteiger partial charge is 0.469 e. The fourth-order valence-corrected chi connectivity index (χ4v) is 5.95. The average Bonchev–Trinajstić information content (AvgIpc) is 2.73. The maximum Gasteiger partial charge on any atom is 0.469 e. The molecule has 2 N–H and O–H groups in total. The summed E-state index contributed by atoms with van der Waals surface area (Å²) >= 11 is 0. The summed E-state index contributed by atoms with van der Waals surface area (Å²) in [7, 11) is -5.33. The third-order valence-corrected chi connectivity index (χ3v) is 8.34. The molecule has 3 unspecified atom stereocenters. The van der Waals surface area contributed by atoms with E-state index in [1.54, 1.807) is 0 Å². The summed E-state index contributed by atoms with van der Waals surface area (Å²) in [6, 6.07) is 0. The van der Waals surface area contributed by atoms with Gasteiger partial charge in [0.2, 0.25) is 0 Å². The van der Waals surface area contributed by atoms with Crippen LogP contribution in [0, 0.1) is 0 Å². The molecule has 8 heteroatoms. The zero-order valence-corrected chi connectivity index (χ0v) is 22.7. The van der Waals surface area contributed by atoms with Crippen LogP contribution in [0.15, 0.2) is 0 Å². The van der Waals surface area contributed by atoms with Crippen LogP contribution in [-0.4, -0.2) is 44.3 Å². The van der Waals surface area contributed by atoms with Gasteiger partial charge < -0.3 is 14.5 Å². The van der Waals surface area contributed by atoms with Crippen molar-refractivity contribution in [2.75, 3.05) is 19.0 Å². The molecule has 3 atom stereocenters. The molecule has 0 fully saturated rings. The average molecular weight is 499 g/mol. The Morgan fingerprint density at radius 2 is 1.25 bits per heavy atom. The number of hydrogen-bond donors (Lipinski definition) is 2. The lowest BCUT2D eigenvalue weighted by Gasteiger charge is -2.24. The fourth-order valence-electron chi connectivity index (χ4n) is 3.85. The van der Waals surface area contributed by atoms with Crippen molar-refractivity contribution >= 4 is 18.6 Å². The molecule has 0 saturated heterocycles. The second kappa shape index (κ2) is 21.7. The summed E-state index contributed by atoms with van der Waals surface area (Å²) in [6.07, 6.45) is 18.4. The van der Waals surface area contributed by atoms with Crippen molar-refractivity contribution in [2.45, 2.75) is 135 Å². The van der Waals surface area contributed by atoms with E-state index in [0.717, 1.165) is 31.4 Å². The van der Waals surface area contributed by atoms with Crippen LogP contribution in [0.2, 0.25) is 0 Å². The molecule has 0 aliphatic carbocycles. The highest BCUT2D eigenvalue weighted by molar-refractivity contribution is 7.85. The minimum absolute atomic E-state index is 0.0216. The number of phosphoric acid groups is 1. The van der Waals surface area contributed by atoms with Crippen molar-refractivity contribution in [1.82, 2.24) is 0 Å². The van der Waals surface area contributed by atoms with E-state index < -0.39 is 18.6 Å². The van der Waals surface area contributed by atoms with E-state index in [4.69, 9.17) is 14.5 Å². The first-order valence-corrected chi connectivity index (χ1v) is 15.9. The Hall–Kier alpha value is 0.220. The second-order valence-corrected chi connectivity index (χ2v) is 11.9. The van der Waals surface area contributed by atoms with Crippen molar-refractivity contribution in [2.24, 2.45) is 0 Å². The predicted molar refractivity (Wildman–Crippen MR) is 135 cm³/mol. The zero-order valence-electron chi connectivity index (χ0n) is 21.0. The Morgan fingerprint density at radius 1 is 0.750 bits per heavy atom. The van der Waals surface area contributed by atoms with Gasteiger partial charge >= 0.3 is 7.82 Å². The molecule has 0 radical (unpaired) electrons. The van der Waals surface area contributed by atoms with Crippen LogP contribution in [0.1, 0.15) is 124 Å². The van der Waals surface area contributed by atoms with Gasteiger partial charge in [-0.1, -0.05) is 97.3 Å². The summed E-state index contributed by atoms with van der Waals surface area (Å²) in [5, 5.41) is 0.0216. The third kappa shape index (κ3) is 20.8. The van der Waals surface area contributed by atoms with E-state index in [9.17, 15) is 8.77 Å². The molecule has 0 aromatic heterocycles. The first-order chi connectivity index (χ1) is 15.3. The minimum Gasteiger partial charge on any atom is -0.377 e. The highest BCUT2D eigenvalue weighted by atomic mass is 32.2. The molecule has 0 saturated carbocycles. The maximum absolute atomic E-state index is 13.0. The van der Waals surface area contributed by atoms with E-state index in [2.05, 4.69) is 18.4 Å². The van der Waals surface area contributed by atoms with Gasteiger partial charge in [0.05, 0.1) is 18.0 Å². The standard InChI is InChI=1S/C24H51O6PS/c1-4-6-8-10-11-12-13-15-17-22-32(28)24(19-16-14-9-7-5-2)23(3)29-20-18-21-30-31(25,26)27/h23-24H,4-22H2,1-3H3,(H2,25,26,27). The molecule has 0 aromatic carbocycles. The smallest absolute Gasteiger partial charge is 0.377 e. The third-order valence-electron chi connectivity index (χ3n) is 5.83. The predicted octanol–water partition coefficient (Wildman–Crippen LogP) is 6.90. The first-order valence-electron chi connectivity index (χ1n) is 13.0. The van der Waals surface area contributed by atoms with E-state index in [0.29, 0.717) is 13.0 Å². The van der Waals surface area contributed by atoms with Crippen LogP contribution in [0.3, 0.4) is 0 Å². The summed E-state index contributed by atoms with van der Waals surface area (Å²) < 4.78 is 34.1. The van der Waals surface area contributed by atoms with Gasteiger partial charge in [0.15, 0.2) is 0 Å². The van der Waals surface area contributed by atoms with Crippen molar-refractivity contribution in [3.8, 4) is 0 Å². The molecule has 0 aliphatic heterocycles. The quantitative estimate of drug-likeness (QED) is 0.111. The lowest BCUT2D eigenvalue weighted by molar-refractivity contribution is 0.0513. The molecular weight excluding hydrogens is 447 g/mol. The highest BCUT2D eigenvalue weighted by Gasteiger charge is 2.24. The topological polar surface area (TPSA) is 93.1 Å². The number of unbranched alkanes of at least 4 members (excludes halogenated alkanes) is 12. The molecule has 0 aromatic rings. The van der Waals surface area contributed by atoms with E-state index in [-0.39, 0.29) is 18.0 Å². The number of ether oxygens (including phenoxy) is 1. The first kappa shape index (κ1) is 32.2. The second-order valence-electron chi connectivity index (χ2n) is 8.91. The summed E-state index contributed by atoms with van der Waals surface area (Å²) in [4.78, 5) is 17.5. The van der Waals surface area contributed by atoms with Crippen molar-refractivity contribution in [3.63, 3.8) is 0 Å². The normalized spacial score (nSPS) is 15.0. The Labute approximate surface area is 200 Å². The molecule has 32 heavy (non-hydrogen) atoms. The van der Waals surface area contributed by atoms with Crippen molar-refractivity contribution in [1.29, 1.82) is 0 Å². The van der Waals surface area contributed by atoms with Gasteiger partial charge in [0, 0.05) is 23.2 Å². The minimum atomic E-state index is -4.42. The van der Waals surface area contributed by atoms with Crippen LogP contribution in [0.25, 0.3) is 0 Å². The van der Waals surface area contributed by atoms with Gasteiger partial charge in [0.25, 0.3) is 0 Å². The van der Waals surface area contributed by atoms with Gasteiger partial charge in [0.1, 0.15) is 0 Å². The Balaban J connectivity index is 4.26. The van der Waals surface area contributed by atoms with E-state index >= 15 is 0 Å². The van der Waals surface area contributed by atoms with Crippen LogP contribution >= 0.6 is 7.82 Å². The van der Waals surface area contributed by atoms with Gasteiger partial charge in [-0.25, -0.2) is 4.57 Å². The lowest BCUT2D eigenvalue weighted by Crippen LogP contribution is -2.32. The molecule has 0 rings (SSSR count). The van der Waals surface area contributed by atoms with Gasteiger partial charge in [-0.3, -0.25) is 8.73 Å². The molecule has 0 aliphatic rings. The lowest BCUT2D eigenvalue weighted by atomic mass is 10.1. The fraction of sp³-hybridized carbons (Fsp3) is 1.00. The summed E-state index contributed by atoms with van der Waals surface area (Å²) in [6.45, 7) is 6.73. The van der Waals surface area contributed by atoms with E-state index in [1.165, 1.54) is 70.6 Å². The SMILES string of the molecule is CCCCCCCCCCCS(=O)C(CCCCCCC)C(C)OCCCOP(=O)(O)O. The Bertz CT molecular complexity index is 485. The van der Waals surface area contributed by atoms with Gasteiger partial charge in [-0.15, -0.1) is 0 Å². The molecule has 194 valence electrons. The van der Waals surface area contributed by atoms with Gasteiger partial charge in [-0.2, -0.15) is 0 Å². The number of phosphoric ester groups is 1. The summed E-state index contributed by atoms with van der Waals surface area (Å²) in [5.74, 6) is 0.741. The molecular formula is C24H51O6PS. The van der Waals surface area contributed by atoms with Gasteiger partial charge in [-0.05, 0) is 26.2 Å². The molecule has 0 amide bonds. The maximum atomic E-state index is 13.0. The molecule has 6 nitrogen and oxygen atoms in total. The van der Waals surface area contributed by atoms with Crippen LogP contribution in [0.5, 0.6) is 0 Å². The molecule has 0 spiro atoms.